The van der Waals surface area contributed by atoms with Gasteiger partial charge in [-0.15, -0.1) is 10.2 Å². The molecular formula is C15H18F3N5OS. The Balaban J connectivity index is 2.32. The standard InChI is InChI=1S/C15H18F3N5OS/c1-9(2)20-13(24)10(3)25-14-22-21-12(11-4-6-19-7-5-11)23(14)8-15(16,17)18/h4-7,9-10H,8H2,1-3H3,(H,20,24). The van der Waals surface area contributed by atoms with Gasteiger partial charge in [-0.05, 0) is 32.9 Å². The van der Waals surface area contributed by atoms with E-state index in [9.17, 15) is 18.0 Å². The maximum absolute atomic E-state index is 13.0. The van der Waals surface area contributed by atoms with Crippen molar-refractivity contribution in [3.05, 3.63) is 24.5 Å². The molecule has 2 rings (SSSR count). The first-order valence-corrected chi connectivity index (χ1v) is 8.42. The highest BCUT2D eigenvalue weighted by molar-refractivity contribution is 8.00. The van der Waals surface area contributed by atoms with Crippen molar-refractivity contribution in [1.29, 1.82) is 0 Å². The van der Waals surface area contributed by atoms with Gasteiger partial charge in [-0.1, -0.05) is 11.8 Å². The molecule has 2 aromatic rings. The van der Waals surface area contributed by atoms with Crippen molar-refractivity contribution in [3.8, 4) is 11.4 Å². The number of alkyl halides is 3. The van der Waals surface area contributed by atoms with E-state index >= 15 is 0 Å². The normalized spacial score (nSPS) is 13.1. The number of amides is 1. The maximum atomic E-state index is 13.0. The van der Waals surface area contributed by atoms with Crippen LogP contribution in [0.2, 0.25) is 0 Å². The number of hydrogen-bond acceptors (Lipinski definition) is 5. The minimum Gasteiger partial charge on any atom is -0.353 e. The van der Waals surface area contributed by atoms with Gasteiger partial charge in [-0.3, -0.25) is 14.3 Å². The zero-order valence-electron chi connectivity index (χ0n) is 13.9. The van der Waals surface area contributed by atoms with Crippen molar-refractivity contribution in [2.24, 2.45) is 0 Å². The van der Waals surface area contributed by atoms with E-state index in [0.717, 1.165) is 16.3 Å². The van der Waals surface area contributed by atoms with Crippen LogP contribution in [0, 0.1) is 0 Å². The highest BCUT2D eigenvalue weighted by atomic mass is 32.2. The number of thioether (sulfide) groups is 1. The minimum absolute atomic E-state index is 0.0375. The quantitative estimate of drug-likeness (QED) is 0.789. The van der Waals surface area contributed by atoms with Crippen molar-refractivity contribution < 1.29 is 18.0 Å². The van der Waals surface area contributed by atoms with Gasteiger partial charge in [-0.25, -0.2) is 0 Å². The van der Waals surface area contributed by atoms with Crippen LogP contribution in [0.15, 0.2) is 29.7 Å². The molecule has 1 N–H and O–H groups in total. The summed E-state index contributed by atoms with van der Waals surface area (Å²) in [5.74, 6) is -0.189. The Bertz CT molecular complexity index is 718. The molecule has 0 spiro atoms. The third kappa shape index (κ3) is 5.45. The van der Waals surface area contributed by atoms with Gasteiger partial charge in [0.1, 0.15) is 6.54 Å². The molecule has 0 saturated heterocycles. The Morgan fingerprint density at radius 1 is 1.24 bits per heavy atom. The predicted molar refractivity (Wildman–Crippen MR) is 87.9 cm³/mol. The third-order valence-electron chi connectivity index (χ3n) is 3.08. The number of carbonyl (C=O) groups excluding carboxylic acids is 1. The molecule has 0 bridgehead atoms. The number of aromatic nitrogens is 4. The molecule has 2 aromatic heterocycles. The fourth-order valence-electron chi connectivity index (χ4n) is 2.03. The van der Waals surface area contributed by atoms with Gasteiger partial charge in [0.15, 0.2) is 11.0 Å². The lowest BCUT2D eigenvalue weighted by Crippen LogP contribution is -2.36. The van der Waals surface area contributed by atoms with Gasteiger partial charge in [0.25, 0.3) is 0 Å². The molecule has 2 heterocycles. The summed E-state index contributed by atoms with van der Waals surface area (Å²) in [6, 6.07) is 3.05. The average Bonchev–Trinajstić information content (AvgIpc) is 2.88. The monoisotopic (exact) mass is 373 g/mol. The molecule has 0 fully saturated rings. The summed E-state index contributed by atoms with van der Waals surface area (Å²) < 4.78 is 39.9. The Kier molecular flexibility index (Phi) is 6.04. The molecule has 0 saturated carbocycles. The second kappa shape index (κ2) is 7.85. The smallest absolute Gasteiger partial charge is 0.353 e. The zero-order valence-corrected chi connectivity index (χ0v) is 14.7. The van der Waals surface area contributed by atoms with Crippen LogP contribution in [-0.4, -0.2) is 43.1 Å². The van der Waals surface area contributed by atoms with Crippen LogP contribution in [0.5, 0.6) is 0 Å². The van der Waals surface area contributed by atoms with Crippen LogP contribution in [0.4, 0.5) is 13.2 Å². The van der Waals surface area contributed by atoms with Gasteiger partial charge in [0.2, 0.25) is 5.91 Å². The lowest BCUT2D eigenvalue weighted by atomic mass is 10.2. The van der Waals surface area contributed by atoms with E-state index in [0.29, 0.717) is 5.56 Å². The van der Waals surface area contributed by atoms with Gasteiger partial charge in [-0.2, -0.15) is 13.2 Å². The fraction of sp³-hybridized carbons (Fsp3) is 0.467. The fourth-order valence-corrected chi connectivity index (χ4v) is 2.88. The van der Waals surface area contributed by atoms with E-state index in [4.69, 9.17) is 0 Å². The molecule has 10 heteroatoms. The maximum Gasteiger partial charge on any atom is 0.406 e. The number of hydrogen-bond donors (Lipinski definition) is 1. The Hall–Kier alpha value is -2.10. The summed E-state index contributed by atoms with van der Waals surface area (Å²) in [7, 11) is 0. The predicted octanol–water partition coefficient (Wildman–Crippen LogP) is 2.91. The topological polar surface area (TPSA) is 72.7 Å². The van der Waals surface area contributed by atoms with E-state index in [1.54, 1.807) is 19.1 Å². The third-order valence-corrected chi connectivity index (χ3v) is 4.16. The molecule has 25 heavy (non-hydrogen) atoms. The van der Waals surface area contributed by atoms with Crippen molar-refractivity contribution >= 4 is 17.7 Å². The van der Waals surface area contributed by atoms with Crippen LogP contribution >= 0.6 is 11.8 Å². The Labute approximate surface area is 147 Å². The summed E-state index contributed by atoms with van der Waals surface area (Å²) in [6.45, 7) is 3.99. The minimum atomic E-state index is -4.44. The first-order valence-electron chi connectivity index (χ1n) is 7.54. The lowest BCUT2D eigenvalue weighted by Gasteiger charge is -2.16. The molecule has 0 radical (unpaired) electrons. The lowest BCUT2D eigenvalue weighted by molar-refractivity contribution is -0.141. The highest BCUT2D eigenvalue weighted by Crippen LogP contribution is 2.30. The molecule has 136 valence electrons. The van der Waals surface area contributed by atoms with E-state index in [1.165, 1.54) is 12.4 Å². The molecule has 6 nitrogen and oxygen atoms in total. The first-order chi connectivity index (χ1) is 11.7. The van der Waals surface area contributed by atoms with Crippen molar-refractivity contribution in [3.63, 3.8) is 0 Å². The molecule has 1 amide bonds. The van der Waals surface area contributed by atoms with Crippen LogP contribution in [0.3, 0.4) is 0 Å². The summed E-state index contributed by atoms with van der Waals surface area (Å²) >= 11 is 0.938. The number of rotatable bonds is 6. The Morgan fingerprint density at radius 3 is 2.44 bits per heavy atom. The highest BCUT2D eigenvalue weighted by Gasteiger charge is 2.32. The van der Waals surface area contributed by atoms with Crippen LogP contribution in [-0.2, 0) is 11.3 Å². The molecular weight excluding hydrogens is 355 g/mol. The second-order valence-electron chi connectivity index (χ2n) is 5.67. The molecule has 0 aliphatic heterocycles. The summed E-state index contributed by atoms with van der Waals surface area (Å²) in [5, 5.41) is 9.88. The van der Waals surface area contributed by atoms with E-state index < -0.39 is 18.0 Å². The number of carbonyl (C=O) groups is 1. The summed E-state index contributed by atoms with van der Waals surface area (Å²) in [6.07, 6.45) is -1.51. The first kappa shape index (κ1) is 19.2. The molecule has 1 atom stereocenters. The van der Waals surface area contributed by atoms with E-state index in [2.05, 4.69) is 20.5 Å². The molecule has 1 unspecified atom stereocenters. The Morgan fingerprint density at radius 2 is 1.88 bits per heavy atom. The summed E-state index contributed by atoms with van der Waals surface area (Å²) in [5.41, 5.74) is 0.470. The number of pyridine rings is 1. The van der Waals surface area contributed by atoms with Crippen molar-refractivity contribution in [2.45, 2.75) is 49.9 Å². The number of halogens is 3. The molecule has 0 aliphatic rings. The number of nitrogens with zero attached hydrogens (tertiary/aromatic N) is 4. The van der Waals surface area contributed by atoms with Crippen LogP contribution in [0.25, 0.3) is 11.4 Å². The van der Waals surface area contributed by atoms with Gasteiger partial charge < -0.3 is 5.32 Å². The number of nitrogens with one attached hydrogen (secondary N) is 1. The zero-order chi connectivity index (χ0) is 18.6. The van der Waals surface area contributed by atoms with Gasteiger partial charge in [0, 0.05) is 24.0 Å². The van der Waals surface area contributed by atoms with Crippen molar-refractivity contribution in [2.75, 3.05) is 0 Å². The van der Waals surface area contributed by atoms with Gasteiger partial charge in [0.05, 0.1) is 5.25 Å². The van der Waals surface area contributed by atoms with Crippen LogP contribution < -0.4 is 5.32 Å². The van der Waals surface area contributed by atoms with E-state index in [-0.39, 0.29) is 22.9 Å². The average molecular weight is 373 g/mol. The van der Waals surface area contributed by atoms with Crippen molar-refractivity contribution in [1.82, 2.24) is 25.1 Å². The second-order valence-corrected chi connectivity index (χ2v) is 6.97. The van der Waals surface area contributed by atoms with Crippen LogP contribution in [0.1, 0.15) is 20.8 Å². The van der Waals surface area contributed by atoms with Gasteiger partial charge >= 0.3 is 6.18 Å². The largest absolute Gasteiger partial charge is 0.406 e. The van der Waals surface area contributed by atoms with E-state index in [1.807, 2.05) is 13.8 Å². The molecule has 0 aromatic carbocycles. The SMILES string of the molecule is CC(C)NC(=O)C(C)Sc1nnc(-c2ccncc2)n1CC(F)(F)F. The molecule has 0 aliphatic carbocycles. The summed E-state index contributed by atoms with van der Waals surface area (Å²) in [4.78, 5) is 15.9.